The molecule has 1 aromatic heterocycles. The van der Waals surface area contributed by atoms with Crippen LogP contribution >= 0.6 is 22.9 Å². The van der Waals surface area contributed by atoms with Crippen molar-refractivity contribution in [1.29, 1.82) is 0 Å². The molecular weight excluding hydrogens is 205 g/mol. The Balaban J connectivity index is 0.000000720. The number of aromatic nitrogens is 1. The van der Waals surface area contributed by atoms with Crippen LogP contribution < -0.4 is 4.87 Å². The van der Waals surface area contributed by atoms with Crippen LogP contribution in [-0.4, -0.2) is 34.5 Å². The second-order valence-corrected chi connectivity index (χ2v) is 3.61. The monoisotopic (exact) mass is 208 g/mol. The molecule has 5 heteroatoms. The molecule has 2 rings (SSSR count). The minimum atomic E-state index is -0.0396. The molecule has 0 bridgehead atoms. The Bertz CT molecular complexity index is 450. The van der Waals surface area contributed by atoms with Gasteiger partial charge in [-0.3, -0.25) is 4.79 Å². The quantitative estimate of drug-likeness (QED) is 0.659. The summed E-state index contributed by atoms with van der Waals surface area (Å²) in [4.78, 5) is 13.5. The molecule has 1 aromatic carbocycles. The number of benzene rings is 1. The molecule has 0 unspecified atom stereocenters. The molecule has 12 heavy (non-hydrogen) atoms. The van der Waals surface area contributed by atoms with Crippen molar-refractivity contribution >= 4 is 62.7 Å². The number of H-pyrrole nitrogens is 1. The van der Waals surface area contributed by atoms with Gasteiger partial charge >= 0.3 is 4.87 Å². The topological polar surface area (TPSA) is 32.9 Å². The van der Waals surface area contributed by atoms with E-state index in [0.717, 1.165) is 10.2 Å². The Labute approximate surface area is 99.9 Å². The summed E-state index contributed by atoms with van der Waals surface area (Å²) >= 11 is 6.90. The standard InChI is InChI=1S/C7H4ClNOS.Na/c8-4-1-2-6-5(3-4)9-7(10)11-6;/h1-3H,(H,9,10);. The molecule has 2 nitrogen and oxygen atoms in total. The number of rotatable bonds is 0. The Hall–Kier alpha value is 0.200. The van der Waals surface area contributed by atoms with Crippen molar-refractivity contribution in [2.75, 3.05) is 0 Å². The minimum absolute atomic E-state index is 0. The predicted molar refractivity (Wildman–Crippen MR) is 53.2 cm³/mol. The first kappa shape index (κ1) is 10.3. The fourth-order valence-corrected chi connectivity index (χ4v) is 1.81. The number of nitrogens with one attached hydrogen (secondary N) is 1. The van der Waals surface area contributed by atoms with Gasteiger partial charge in [0.25, 0.3) is 0 Å². The van der Waals surface area contributed by atoms with Gasteiger partial charge in [0.05, 0.1) is 10.2 Å². The largest absolute Gasteiger partial charge is 0.312 e. The molecular formula is C7H4ClNNaOS. The molecule has 0 fully saturated rings. The number of aromatic amines is 1. The van der Waals surface area contributed by atoms with Gasteiger partial charge in [0.1, 0.15) is 0 Å². The van der Waals surface area contributed by atoms with E-state index in [2.05, 4.69) is 4.98 Å². The molecule has 0 aliphatic heterocycles. The van der Waals surface area contributed by atoms with Crippen LogP contribution in [0.2, 0.25) is 5.02 Å². The summed E-state index contributed by atoms with van der Waals surface area (Å²) in [6, 6.07) is 5.35. The second-order valence-electron chi connectivity index (χ2n) is 2.16. The van der Waals surface area contributed by atoms with E-state index in [1.807, 2.05) is 6.07 Å². The third-order valence-electron chi connectivity index (χ3n) is 1.38. The fourth-order valence-electron chi connectivity index (χ4n) is 0.924. The average molecular weight is 209 g/mol. The Morgan fingerprint density at radius 1 is 1.42 bits per heavy atom. The van der Waals surface area contributed by atoms with Gasteiger partial charge in [0.15, 0.2) is 0 Å². The predicted octanol–water partition coefficient (Wildman–Crippen LogP) is 1.86. The maximum absolute atomic E-state index is 10.8. The Kier molecular flexibility index (Phi) is 3.37. The van der Waals surface area contributed by atoms with Crippen LogP contribution in [-0.2, 0) is 0 Å². The van der Waals surface area contributed by atoms with Gasteiger partial charge < -0.3 is 4.98 Å². The number of hydrogen-bond donors (Lipinski definition) is 1. The third kappa shape index (κ3) is 1.92. The van der Waals surface area contributed by atoms with Gasteiger partial charge in [-0.25, -0.2) is 0 Å². The molecule has 2 aromatic rings. The summed E-state index contributed by atoms with van der Waals surface area (Å²) < 4.78 is 0.944. The average Bonchev–Trinajstić information content (AvgIpc) is 2.27. The van der Waals surface area contributed by atoms with Crippen LogP contribution in [0.5, 0.6) is 0 Å². The summed E-state index contributed by atoms with van der Waals surface area (Å²) in [5, 5.41) is 0.645. The van der Waals surface area contributed by atoms with Gasteiger partial charge in [-0.05, 0) is 18.2 Å². The van der Waals surface area contributed by atoms with Crippen LogP contribution in [0.15, 0.2) is 23.0 Å². The molecule has 1 heterocycles. The van der Waals surface area contributed by atoms with Crippen LogP contribution in [0, 0.1) is 0 Å². The van der Waals surface area contributed by atoms with Crippen molar-refractivity contribution < 1.29 is 0 Å². The maximum atomic E-state index is 10.8. The molecule has 0 amide bonds. The molecule has 1 N–H and O–H groups in total. The zero-order chi connectivity index (χ0) is 7.84. The molecule has 57 valence electrons. The molecule has 0 aliphatic carbocycles. The van der Waals surface area contributed by atoms with E-state index < -0.39 is 0 Å². The molecule has 0 spiro atoms. The molecule has 0 saturated carbocycles. The van der Waals surface area contributed by atoms with Crippen molar-refractivity contribution in [2.45, 2.75) is 0 Å². The normalized spacial score (nSPS) is 9.75. The van der Waals surface area contributed by atoms with Crippen LogP contribution in [0.4, 0.5) is 0 Å². The van der Waals surface area contributed by atoms with E-state index in [1.165, 1.54) is 11.3 Å². The molecule has 0 aliphatic rings. The number of halogens is 1. The fraction of sp³-hybridized carbons (Fsp3) is 0. The second kappa shape index (κ2) is 3.94. The molecule has 0 saturated heterocycles. The first-order valence-electron chi connectivity index (χ1n) is 3.04. The van der Waals surface area contributed by atoms with Crippen molar-refractivity contribution in [2.24, 2.45) is 0 Å². The van der Waals surface area contributed by atoms with Gasteiger partial charge in [-0.1, -0.05) is 22.9 Å². The minimum Gasteiger partial charge on any atom is -0.312 e. The van der Waals surface area contributed by atoms with E-state index >= 15 is 0 Å². The van der Waals surface area contributed by atoms with Crippen LogP contribution in [0.3, 0.4) is 0 Å². The van der Waals surface area contributed by atoms with Crippen LogP contribution in [0.25, 0.3) is 10.2 Å². The summed E-state index contributed by atoms with van der Waals surface area (Å²) in [6.07, 6.45) is 0. The SMILES string of the molecule is O=c1[nH]c2cc(Cl)ccc2s1.[Na]. The van der Waals surface area contributed by atoms with Crippen molar-refractivity contribution in [3.05, 3.63) is 32.9 Å². The summed E-state index contributed by atoms with van der Waals surface area (Å²) in [5.41, 5.74) is 0.813. The van der Waals surface area contributed by atoms with E-state index in [9.17, 15) is 4.79 Å². The Morgan fingerprint density at radius 2 is 2.17 bits per heavy atom. The summed E-state index contributed by atoms with van der Waals surface area (Å²) in [7, 11) is 0. The summed E-state index contributed by atoms with van der Waals surface area (Å²) in [5.74, 6) is 0. The summed E-state index contributed by atoms with van der Waals surface area (Å²) in [6.45, 7) is 0. The van der Waals surface area contributed by atoms with Gasteiger partial charge in [-0.15, -0.1) is 0 Å². The zero-order valence-electron chi connectivity index (χ0n) is 6.43. The molecule has 1 radical (unpaired) electrons. The van der Waals surface area contributed by atoms with E-state index in [-0.39, 0.29) is 34.4 Å². The van der Waals surface area contributed by atoms with E-state index in [4.69, 9.17) is 11.6 Å². The maximum Gasteiger partial charge on any atom is 0.305 e. The first-order valence-corrected chi connectivity index (χ1v) is 4.23. The van der Waals surface area contributed by atoms with Crippen LogP contribution in [0.1, 0.15) is 0 Å². The van der Waals surface area contributed by atoms with Crippen molar-refractivity contribution in [3.63, 3.8) is 0 Å². The third-order valence-corrected chi connectivity index (χ3v) is 2.48. The smallest absolute Gasteiger partial charge is 0.305 e. The van der Waals surface area contributed by atoms with E-state index in [0.29, 0.717) is 5.02 Å². The van der Waals surface area contributed by atoms with Crippen molar-refractivity contribution in [3.8, 4) is 0 Å². The Morgan fingerprint density at radius 3 is 2.92 bits per heavy atom. The number of hydrogen-bond acceptors (Lipinski definition) is 2. The first-order chi connectivity index (χ1) is 5.25. The van der Waals surface area contributed by atoms with Crippen molar-refractivity contribution in [1.82, 2.24) is 4.98 Å². The van der Waals surface area contributed by atoms with E-state index in [1.54, 1.807) is 12.1 Å². The van der Waals surface area contributed by atoms with Gasteiger partial charge in [0, 0.05) is 34.6 Å². The van der Waals surface area contributed by atoms with Gasteiger partial charge in [0.2, 0.25) is 0 Å². The number of fused-ring (bicyclic) bond motifs is 1. The van der Waals surface area contributed by atoms with Gasteiger partial charge in [-0.2, -0.15) is 0 Å². The molecule has 0 atom stereocenters. The number of thiazole rings is 1. The zero-order valence-corrected chi connectivity index (χ0v) is 10.00.